The van der Waals surface area contributed by atoms with Gasteiger partial charge in [-0.2, -0.15) is 0 Å². The van der Waals surface area contributed by atoms with Gasteiger partial charge in [0.2, 0.25) is 17.7 Å². The monoisotopic (exact) mass is 595 g/mol. The minimum Gasteiger partial charge on any atom is -0.494 e. The molecule has 9 heteroatoms. The summed E-state index contributed by atoms with van der Waals surface area (Å²) in [6.45, 7) is 18.9. The maximum Gasteiger partial charge on any atom is 0.248 e. The number of carbonyl (C=O) groups is 3. The van der Waals surface area contributed by atoms with Gasteiger partial charge in [-0.05, 0) is 63.3 Å². The summed E-state index contributed by atoms with van der Waals surface area (Å²) in [5.74, 6) is -1.83. The Hall–Kier alpha value is -3.17. The third-order valence-electron chi connectivity index (χ3n) is 9.81. The number of amides is 3. The van der Waals surface area contributed by atoms with E-state index in [-0.39, 0.29) is 36.8 Å². The predicted molar refractivity (Wildman–Crippen MR) is 167 cm³/mol. The molecule has 1 spiro atoms. The number of fused-ring (bicyclic) bond motifs is 1. The number of aliphatic hydroxyl groups excluding tert-OH is 1. The first-order valence-corrected chi connectivity index (χ1v) is 15.8. The number of likely N-dealkylation sites (tertiary alicyclic amines) is 1. The molecule has 43 heavy (non-hydrogen) atoms. The summed E-state index contributed by atoms with van der Waals surface area (Å²) in [6, 6.07) is 5.78. The molecule has 0 aromatic heterocycles. The molecule has 3 unspecified atom stereocenters. The van der Waals surface area contributed by atoms with Gasteiger partial charge in [-0.1, -0.05) is 39.3 Å². The highest BCUT2D eigenvalue weighted by atomic mass is 16.5. The van der Waals surface area contributed by atoms with Crippen LogP contribution in [0.2, 0.25) is 0 Å². The van der Waals surface area contributed by atoms with Crippen LogP contribution in [0.1, 0.15) is 60.3 Å². The lowest BCUT2D eigenvalue weighted by Crippen LogP contribution is -2.59. The van der Waals surface area contributed by atoms with Crippen LogP contribution in [-0.2, 0) is 19.1 Å². The second kappa shape index (κ2) is 13.2. The van der Waals surface area contributed by atoms with Crippen LogP contribution in [-0.4, -0.2) is 88.8 Å². The van der Waals surface area contributed by atoms with Gasteiger partial charge in [-0.3, -0.25) is 14.4 Å². The number of ether oxygens (including phenoxy) is 2. The number of unbranched alkanes of at least 4 members (excludes halogenated alkanes) is 1. The van der Waals surface area contributed by atoms with Gasteiger partial charge in [0.05, 0.1) is 36.7 Å². The maximum absolute atomic E-state index is 14.7. The second-order valence-electron chi connectivity index (χ2n) is 12.3. The molecule has 3 heterocycles. The van der Waals surface area contributed by atoms with Crippen molar-refractivity contribution in [1.29, 1.82) is 0 Å². The molecule has 3 saturated heterocycles. The maximum atomic E-state index is 14.7. The Balaban J connectivity index is 1.82. The molecule has 7 atom stereocenters. The van der Waals surface area contributed by atoms with Crippen molar-refractivity contribution in [2.75, 3.05) is 37.7 Å². The Kier molecular flexibility index (Phi) is 10.1. The number of hydrogen-bond donors (Lipinski definition) is 1. The SMILES string of the molecule is C=CCN(CCCC)C(=O)C1N([C@@H](CC)CO)C(=O)[C@@H]2[C@@H](C(=O)N(CC=C)c3ccc(OCC)cc3)[C@]3(C)OC12CC3C. The molecule has 1 N–H and O–H groups in total. The number of aliphatic hydroxyl groups is 1. The molecule has 3 fully saturated rings. The topological polar surface area (TPSA) is 99.6 Å². The van der Waals surface area contributed by atoms with Crippen LogP contribution in [0, 0.1) is 17.8 Å². The van der Waals surface area contributed by atoms with E-state index < -0.39 is 35.1 Å². The zero-order valence-electron chi connectivity index (χ0n) is 26.5. The molecule has 4 rings (SSSR count). The van der Waals surface area contributed by atoms with Crippen LogP contribution in [0.25, 0.3) is 0 Å². The van der Waals surface area contributed by atoms with Gasteiger partial charge in [-0.15, -0.1) is 13.2 Å². The van der Waals surface area contributed by atoms with Crippen molar-refractivity contribution < 1.29 is 29.0 Å². The van der Waals surface area contributed by atoms with E-state index in [1.54, 1.807) is 26.9 Å². The van der Waals surface area contributed by atoms with Gasteiger partial charge in [0.1, 0.15) is 17.4 Å². The third kappa shape index (κ3) is 5.39. The van der Waals surface area contributed by atoms with E-state index in [2.05, 4.69) is 20.1 Å². The van der Waals surface area contributed by atoms with Gasteiger partial charge in [0.25, 0.3) is 0 Å². The van der Waals surface area contributed by atoms with Crippen LogP contribution in [0.4, 0.5) is 5.69 Å². The van der Waals surface area contributed by atoms with Gasteiger partial charge >= 0.3 is 0 Å². The van der Waals surface area contributed by atoms with Crippen molar-refractivity contribution in [3.8, 4) is 5.75 Å². The summed E-state index contributed by atoms with van der Waals surface area (Å²) < 4.78 is 12.5. The first-order valence-electron chi connectivity index (χ1n) is 15.8. The molecule has 3 aliphatic rings. The van der Waals surface area contributed by atoms with Crippen molar-refractivity contribution in [3.63, 3.8) is 0 Å². The lowest BCUT2D eigenvalue weighted by Gasteiger charge is -2.39. The van der Waals surface area contributed by atoms with Crippen LogP contribution in [0.5, 0.6) is 5.75 Å². The van der Waals surface area contributed by atoms with E-state index >= 15 is 0 Å². The zero-order chi connectivity index (χ0) is 31.5. The number of carbonyl (C=O) groups excluding carboxylic acids is 3. The Morgan fingerprint density at radius 1 is 1.16 bits per heavy atom. The molecule has 2 bridgehead atoms. The van der Waals surface area contributed by atoms with Crippen LogP contribution in [0.3, 0.4) is 0 Å². The smallest absolute Gasteiger partial charge is 0.248 e. The number of benzene rings is 1. The van der Waals surface area contributed by atoms with E-state index in [1.165, 1.54) is 0 Å². The normalized spacial score (nSPS) is 29.7. The Morgan fingerprint density at radius 2 is 1.84 bits per heavy atom. The van der Waals surface area contributed by atoms with E-state index in [1.807, 2.05) is 52.0 Å². The fourth-order valence-corrected chi connectivity index (χ4v) is 7.62. The molecule has 3 aliphatic heterocycles. The van der Waals surface area contributed by atoms with Gasteiger partial charge < -0.3 is 29.3 Å². The highest BCUT2D eigenvalue weighted by molar-refractivity contribution is 6.03. The molecule has 1 aromatic rings. The Morgan fingerprint density at radius 3 is 2.40 bits per heavy atom. The molecule has 1 aromatic carbocycles. The third-order valence-corrected chi connectivity index (χ3v) is 9.81. The molecule has 0 aliphatic carbocycles. The van der Waals surface area contributed by atoms with Gasteiger partial charge in [0, 0.05) is 25.3 Å². The molecule has 236 valence electrons. The first kappa shape index (κ1) is 32.7. The van der Waals surface area contributed by atoms with Crippen LogP contribution >= 0.6 is 0 Å². The van der Waals surface area contributed by atoms with Crippen LogP contribution in [0.15, 0.2) is 49.6 Å². The second-order valence-corrected chi connectivity index (χ2v) is 12.3. The van der Waals surface area contributed by atoms with Crippen molar-refractivity contribution in [2.24, 2.45) is 17.8 Å². The summed E-state index contributed by atoms with van der Waals surface area (Å²) in [5.41, 5.74) is -1.48. The first-order chi connectivity index (χ1) is 20.6. The van der Waals surface area contributed by atoms with Crippen molar-refractivity contribution in [1.82, 2.24) is 9.80 Å². The highest BCUT2D eigenvalue weighted by Gasteiger charge is 2.80. The summed E-state index contributed by atoms with van der Waals surface area (Å²) in [4.78, 5) is 48.7. The Bertz CT molecular complexity index is 1200. The highest BCUT2D eigenvalue weighted by Crippen LogP contribution is 2.66. The van der Waals surface area contributed by atoms with E-state index in [9.17, 15) is 19.5 Å². The summed E-state index contributed by atoms with van der Waals surface area (Å²) in [6.07, 6.45) is 6.01. The number of nitrogens with zero attached hydrogens (tertiary/aromatic N) is 3. The summed E-state index contributed by atoms with van der Waals surface area (Å²) >= 11 is 0. The lowest BCUT2D eigenvalue weighted by molar-refractivity contribution is -0.155. The molecule has 9 nitrogen and oxygen atoms in total. The quantitative estimate of drug-likeness (QED) is 0.305. The molecular weight excluding hydrogens is 546 g/mol. The van der Waals surface area contributed by atoms with Crippen molar-refractivity contribution in [2.45, 2.75) is 83.6 Å². The fraction of sp³-hybridized carbons (Fsp3) is 0.618. The van der Waals surface area contributed by atoms with E-state index in [0.717, 1.165) is 12.8 Å². The predicted octanol–water partition coefficient (Wildman–Crippen LogP) is 4.20. The molecule has 0 saturated carbocycles. The lowest BCUT2D eigenvalue weighted by atomic mass is 9.62. The van der Waals surface area contributed by atoms with Gasteiger partial charge in [-0.25, -0.2) is 0 Å². The van der Waals surface area contributed by atoms with Crippen molar-refractivity contribution in [3.05, 3.63) is 49.6 Å². The minimum absolute atomic E-state index is 0.0932. The summed E-state index contributed by atoms with van der Waals surface area (Å²) in [5, 5.41) is 10.4. The van der Waals surface area contributed by atoms with Crippen molar-refractivity contribution >= 4 is 23.4 Å². The number of rotatable bonds is 15. The van der Waals surface area contributed by atoms with Gasteiger partial charge in [0.15, 0.2) is 0 Å². The molecule has 3 amide bonds. The average molecular weight is 596 g/mol. The van der Waals surface area contributed by atoms with E-state index in [4.69, 9.17) is 9.47 Å². The largest absolute Gasteiger partial charge is 0.494 e. The number of hydrogen-bond acceptors (Lipinski definition) is 6. The standard InChI is InChI=1S/C34H49N3O6/c1-8-13-20-35(18-9-2)32(41)29-34-21-23(6)33(7,43-34)27(28(34)31(40)37(29)24(11-4)22-38)30(39)36(19-10-3)25-14-16-26(17-15-25)42-12-5/h9-10,14-17,23-24,27-29,38H,2-3,8,11-13,18-22H2,1,4-7H3/t23?,24-,27-,28-,29?,33+,34?/m0/s1. The summed E-state index contributed by atoms with van der Waals surface area (Å²) in [7, 11) is 0. The Labute approximate surface area is 256 Å². The fourth-order valence-electron chi connectivity index (χ4n) is 7.62. The molecule has 0 radical (unpaired) electrons. The average Bonchev–Trinajstić information content (AvgIpc) is 3.51. The van der Waals surface area contributed by atoms with Crippen LogP contribution < -0.4 is 9.64 Å². The van der Waals surface area contributed by atoms with E-state index in [0.29, 0.717) is 44.0 Å². The molecular formula is C34H49N3O6. The number of anilines is 1. The zero-order valence-corrected chi connectivity index (χ0v) is 26.5. The minimum atomic E-state index is -1.18.